The number of thioether (sulfide) groups is 1. The molecule has 1 fully saturated rings. The van der Waals surface area contributed by atoms with Gasteiger partial charge in [-0.2, -0.15) is 0 Å². The molecular weight excluding hydrogens is 562 g/mol. The first kappa shape index (κ1) is 25.9. The quantitative estimate of drug-likeness (QED) is 0.179. The Kier molecular flexibility index (Phi) is 8.45. The lowest BCUT2D eigenvalue weighted by molar-refractivity contribution is -0.148. The topological polar surface area (TPSA) is 65.1 Å². The summed E-state index contributed by atoms with van der Waals surface area (Å²) in [6.45, 7) is 0.377. The van der Waals surface area contributed by atoms with E-state index in [0.29, 0.717) is 28.6 Å². The number of thiocarbonyl (C=S) groups is 1. The fourth-order valence-corrected chi connectivity index (χ4v) is 5.43. The summed E-state index contributed by atoms with van der Waals surface area (Å²) in [5.41, 5.74) is 2.37. The zero-order chi connectivity index (χ0) is 25.7. The van der Waals surface area contributed by atoms with Crippen LogP contribution >= 0.6 is 39.9 Å². The molecule has 1 atom stereocenters. The van der Waals surface area contributed by atoms with Crippen molar-refractivity contribution in [2.75, 3.05) is 14.2 Å². The number of amides is 1. The maximum absolute atomic E-state index is 13.3. The van der Waals surface area contributed by atoms with Crippen molar-refractivity contribution in [1.29, 1.82) is 0 Å². The van der Waals surface area contributed by atoms with E-state index >= 15 is 0 Å². The first-order valence-corrected chi connectivity index (χ1v) is 12.9. The Morgan fingerprint density at radius 2 is 1.83 bits per heavy atom. The molecule has 3 aromatic rings. The van der Waals surface area contributed by atoms with Gasteiger partial charge in [-0.15, -0.1) is 0 Å². The fourth-order valence-electron chi connectivity index (χ4n) is 3.67. The Labute approximate surface area is 227 Å². The van der Waals surface area contributed by atoms with Gasteiger partial charge in [0.1, 0.15) is 10.9 Å². The van der Waals surface area contributed by atoms with Crippen molar-refractivity contribution >= 4 is 62.2 Å². The summed E-state index contributed by atoms with van der Waals surface area (Å²) in [6.07, 6.45) is 1.72. The highest BCUT2D eigenvalue weighted by molar-refractivity contribution is 9.10. The number of benzene rings is 3. The predicted octanol–water partition coefficient (Wildman–Crippen LogP) is 6.15. The third-order valence-electron chi connectivity index (χ3n) is 5.39. The van der Waals surface area contributed by atoms with Gasteiger partial charge in [0.15, 0.2) is 17.5 Å². The van der Waals surface area contributed by atoms with Crippen LogP contribution in [0.25, 0.3) is 6.08 Å². The summed E-state index contributed by atoms with van der Waals surface area (Å²) in [7, 11) is 2.85. The molecular formula is C27H22BrNO5S2. The Balaban J connectivity index is 1.56. The molecule has 184 valence electrons. The van der Waals surface area contributed by atoms with Crippen LogP contribution < -0.4 is 9.47 Å². The fraction of sp³-hybridized carbons (Fsp3) is 0.148. The lowest BCUT2D eigenvalue weighted by Gasteiger charge is -2.24. The Morgan fingerprint density at radius 3 is 2.53 bits per heavy atom. The van der Waals surface area contributed by atoms with Crippen LogP contribution in [0.1, 0.15) is 22.7 Å². The van der Waals surface area contributed by atoms with Gasteiger partial charge < -0.3 is 14.2 Å². The highest BCUT2D eigenvalue weighted by Gasteiger charge is 2.41. The van der Waals surface area contributed by atoms with Gasteiger partial charge in [-0.3, -0.25) is 9.69 Å². The first-order valence-electron chi connectivity index (χ1n) is 10.9. The standard InChI is InChI=1S/C27H22BrNO5S2/c1-32-22-14-17(11-12-21(22)34-16-18-7-6-10-20(28)13-18)15-23-25(30)29(27(35)36-23)24(26(31)33-2)19-8-4-3-5-9-19/h3-15,24H,16H2,1-2H3/b23-15+. The van der Waals surface area contributed by atoms with E-state index in [9.17, 15) is 9.59 Å². The van der Waals surface area contributed by atoms with Gasteiger partial charge in [-0.05, 0) is 47.0 Å². The first-order chi connectivity index (χ1) is 17.4. The predicted molar refractivity (Wildman–Crippen MR) is 148 cm³/mol. The van der Waals surface area contributed by atoms with Crippen molar-refractivity contribution in [2.45, 2.75) is 12.6 Å². The molecule has 6 nitrogen and oxygen atoms in total. The van der Waals surface area contributed by atoms with Crippen molar-refractivity contribution in [3.8, 4) is 11.5 Å². The number of carbonyl (C=O) groups excluding carboxylic acids is 2. The minimum Gasteiger partial charge on any atom is -0.493 e. The smallest absolute Gasteiger partial charge is 0.333 e. The molecule has 0 radical (unpaired) electrons. The number of rotatable bonds is 8. The van der Waals surface area contributed by atoms with E-state index in [-0.39, 0.29) is 10.2 Å². The average molecular weight is 585 g/mol. The van der Waals surface area contributed by atoms with Crippen LogP contribution in [0.3, 0.4) is 0 Å². The Morgan fingerprint density at radius 1 is 1.06 bits per heavy atom. The molecule has 1 unspecified atom stereocenters. The number of nitrogens with zero attached hydrogens (tertiary/aromatic N) is 1. The molecule has 3 aromatic carbocycles. The van der Waals surface area contributed by atoms with Crippen molar-refractivity contribution in [3.05, 3.63) is 98.9 Å². The van der Waals surface area contributed by atoms with E-state index in [2.05, 4.69) is 15.9 Å². The molecule has 1 aliphatic rings. The lowest BCUT2D eigenvalue weighted by Crippen LogP contribution is -2.37. The van der Waals surface area contributed by atoms with Gasteiger partial charge in [-0.1, -0.05) is 88.4 Å². The SMILES string of the molecule is COC(=O)C(c1ccccc1)N1C(=O)/C(=C\c2ccc(OCc3cccc(Br)c3)c(OC)c2)SC1=S. The maximum Gasteiger partial charge on any atom is 0.333 e. The van der Waals surface area contributed by atoms with E-state index in [4.69, 9.17) is 26.4 Å². The van der Waals surface area contributed by atoms with Crippen molar-refractivity contribution in [1.82, 2.24) is 4.90 Å². The minimum absolute atomic E-state index is 0.284. The Hall–Kier alpha value is -3.14. The largest absolute Gasteiger partial charge is 0.493 e. The van der Waals surface area contributed by atoms with Crippen LogP contribution in [0.15, 0.2) is 82.2 Å². The number of methoxy groups -OCH3 is 2. The van der Waals surface area contributed by atoms with Gasteiger partial charge in [0.25, 0.3) is 5.91 Å². The molecule has 36 heavy (non-hydrogen) atoms. The van der Waals surface area contributed by atoms with Crippen LogP contribution in [0.2, 0.25) is 0 Å². The van der Waals surface area contributed by atoms with Crippen molar-refractivity contribution in [2.24, 2.45) is 0 Å². The third-order valence-corrected chi connectivity index (χ3v) is 7.21. The number of carbonyl (C=O) groups is 2. The van der Waals surface area contributed by atoms with Crippen molar-refractivity contribution in [3.63, 3.8) is 0 Å². The van der Waals surface area contributed by atoms with Gasteiger partial charge in [0, 0.05) is 4.47 Å². The van der Waals surface area contributed by atoms with Crippen LogP contribution in [-0.4, -0.2) is 35.3 Å². The number of hydrogen-bond acceptors (Lipinski definition) is 7. The summed E-state index contributed by atoms with van der Waals surface area (Å²) in [4.78, 5) is 27.7. The normalized spacial score (nSPS) is 15.2. The molecule has 1 saturated heterocycles. The van der Waals surface area contributed by atoms with Crippen LogP contribution in [-0.2, 0) is 20.9 Å². The summed E-state index contributed by atoms with van der Waals surface area (Å²) in [5.74, 6) is 0.188. The summed E-state index contributed by atoms with van der Waals surface area (Å²) >= 11 is 10.1. The molecule has 0 aliphatic carbocycles. The van der Waals surface area contributed by atoms with Gasteiger partial charge >= 0.3 is 5.97 Å². The maximum atomic E-state index is 13.3. The van der Waals surface area contributed by atoms with E-state index in [1.54, 1.807) is 49.6 Å². The molecule has 0 saturated carbocycles. The molecule has 0 aromatic heterocycles. The molecule has 1 heterocycles. The van der Waals surface area contributed by atoms with Crippen LogP contribution in [0, 0.1) is 0 Å². The number of hydrogen-bond donors (Lipinski definition) is 0. The molecule has 9 heteroatoms. The number of esters is 1. The molecule has 0 bridgehead atoms. The van der Waals surface area contributed by atoms with Gasteiger partial charge in [-0.25, -0.2) is 4.79 Å². The molecule has 0 N–H and O–H groups in total. The van der Waals surface area contributed by atoms with Crippen molar-refractivity contribution < 1.29 is 23.8 Å². The number of halogens is 1. The van der Waals surface area contributed by atoms with E-state index < -0.39 is 12.0 Å². The summed E-state index contributed by atoms with van der Waals surface area (Å²) in [5, 5.41) is 0. The average Bonchev–Trinajstić information content (AvgIpc) is 3.16. The second-order valence-corrected chi connectivity index (χ2v) is 10.3. The number of ether oxygens (including phenoxy) is 3. The van der Waals surface area contributed by atoms with E-state index in [0.717, 1.165) is 27.4 Å². The van der Waals surface area contributed by atoms with Crippen LogP contribution in [0.4, 0.5) is 0 Å². The molecule has 4 rings (SSSR count). The van der Waals surface area contributed by atoms with Crippen LogP contribution in [0.5, 0.6) is 11.5 Å². The van der Waals surface area contributed by atoms with E-state index in [1.807, 2.05) is 36.4 Å². The van der Waals surface area contributed by atoms with Gasteiger partial charge in [0.2, 0.25) is 0 Å². The highest BCUT2D eigenvalue weighted by Crippen LogP contribution is 2.39. The monoisotopic (exact) mass is 583 g/mol. The second kappa shape index (κ2) is 11.7. The third kappa shape index (κ3) is 5.80. The van der Waals surface area contributed by atoms with Gasteiger partial charge in [0.05, 0.1) is 19.1 Å². The zero-order valence-electron chi connectivity index (χ0n) is 19.5. The summed E-state index contributed by atoms with van der Waals surface area (Å²) in [6, 6.07) is 21.3. The molecule has 0 spiro atoms. The highest BCUT2D eigenvalue weighted by atomic mass is 79.9. The lowest BCUT2D eigenvalue weighted by atomic mass is 10.1. The summed E-state index contributed by atoms with van der Waals surface area (Å²) < 4.78 is 17.7. The second-order valence-electron chi connectivity index (χ2n) is 7.72. The molecule has 1 aliphatic heterocycles. The Bertz CT molecular complexity index is 1330. The molecule has 1 amide bonds. The van der Waals surface area contributed by atoms with E-state index in [1.165, 1.54) is 12.0 Å². The minimum atomic E-state index is -0.960. The zero-order valence-corrected chi connectivity index (χ0v) is 22.7.